The Morgan fingerprint density at radius 1 is 0.935 bits per heavy atom. The zero-order valence-electron chi connectivity index (χ0n) is 17.2. The van der Waals surface area contributed by atoms with Crippen molar-refractivity contribution in [3.05, 3.63) is 60.3 Å². The van der Waals surface area contributed by atoms with Crippen LogP contribution >= 0.6 is 0 Å². The second-order valence-corrected chi connectivity index (χ2v) is 7.48. The van der Waals surface area contributed by atoms with E-state index >= 15 is 0 Å². The minimum atomic E-state index is -0.265. The number of halogens is 1. The number of carbonyl (C=O) groups is 1. The molecule has 0 atom stereocenters. The van der Waals surface area contributed by atoms with Crippen LogP contribution in [0, 0.1) is 17.1 Å². The lowest BCUT2D eigenvalue weighted by Gasteiger charge is -2.36. The van der Waals surface area contributed by atoms with E-state index in [0.717, 1.165) is 18.8 Å². The SMILES string of the molecule is N#C/C(=C/N1CCN(c2ncccn2)CC1)C(=O)N1CCN(c2ccc(F)cc2)CC1. The standard InChI is InChI=1S/C22H24FN7O/c23-19-2-4-20(5-3-19)28-12-14-29(15-13-28)21(31)18(16-24)17-27-8-10-30(11-9-27)22-25-6-1-7-26-22/h1-7,17H,8-15H2/b18-17-. The molecule has 0 bridgehead atoms. The maximum Gasteiger partial charge on any atom is 0.266 e. The van der Waals surface area contributed by atoms with Gasteiger partial charge in [-0.2, -0.15) is 5.26 Å². The van der Waals surface area contributed by atoms with Gasteiger partial charge in [0, 0.05) is 76.6 Å². The van der Waals surface area contributed by atoms with Gasteiger partial charge in [0.2, 0.25) is 5.95 Å². The molecule has 0 unspecified atom stereocenters. The van der Waals surface area contributed by atoms with Crippen LogP contribution in [-0.2, 0) is 4.79 Å². The van der Waals surface area contributed by atoms with E-state index < -0.39 is 0 Å². The summed E-state index contributed by atoms with van der Waals surface area (Å²) in [5.74, 6) is 0.190. The first-order valence-electron chi connectivity index (χ1n) is 10.3. The van der Waals surface area contributed by atoms with Crippen LogP contribution < -0.4 is 9.80 Å². The Morgan fingerprint density at radius 3 is 2.16 bits per heavy atom. The van der Waals surface area contributed by atoms with Gasteiger partial charge >= 0.3 is 0 Å². The van der Waals surface area contributed by atoms with E-state index in [0.29, 0.717) is 45.2 Å². The minimum absolute atomic E-state index is 0.152. The monoisotopic (exact) mass is 421 g/mol. The number of benzene rings is 1. The van der Waals surface area contributed by atoms with Crippen molar-refractivity contribution >= 4 is 17.5 Å². The van der Waals surface area contributed by atoms with E-state index in [1.54, 1.807) is 41.7 Å². The topological polar surface area (TPSA) is 79.6 Å². The van der Waals surface area contributed by atoms with E-state index in [2.05, 4.69) is 25.8 Å². The molecule has 2 fully saturated rings. The van der Waals surface area contributed by atoms with E-state index in [4.69, 9.17) is 0 Å². The van der Waals surface area contributed by atoms with Crippen molar-refractivity contribution < 1.29 is 9.18 Å². The van der Waals surface area contributed by atoms with Gasteiger partial charge in [-0.05, 0) is 30.3 Å². The van der Waals surface area contributed by atoms with Gasteiger partial charge < -0.3 is 19.6 Å². The Bertz CT molecular complexity index is 958. The summed E-state index contributed by atoms with van der Waals surface area (Å²) in [4.78, 5) is 29.4. The van der Waals surface area contributed by atoms with Gasteiger partial charge in [-0.25, -0.2) is 14.4 Å². The second-order valence-electron chi connectivity index (χ2n) is 7.48. The molecule has 0 saturated carbocycles. The summed E-state index contributed by atoms with van der Waals surface area (Å²) in [7, 11) is 0. The second kappa shape index (κ2) is 9.43. The molecule has 8 nitrogen and oxygen atoms in total. The first-order valence-corrected chi connectivity index (χ1v) is 10.3. The molecular formula is C22H24FN7O. The van der Waals surface area contributed by atoms with Gasteiger partial charge in [0.05, 0.1) is 0 Å². The molecule has 1 aromatic carbocycles. The number of anilines is 2. The molecule has 9 heteroatoms. The highest BCUT2D eigenvalue weighted by molar-refractivity contribution is 5.97. The number of aromatic nitrogens is 2. The van der Waals surface area contributed by atoms with Crippen molar-refractivity contribution in [1.82, 2.24) is 19.8 Å². The summed E-state index contributed by atoms with van der Waals surface area (Å²) in [5, 5.41) is 9.57. The summed E-state index contributed by atoms with van der Waals surface area (Å²) in [6.07, 6.45) is 5.12. The highest BCUT2D eigenvalue weighted by Crippen LogP contribution is 2.18. The highest BCUT2D eigenvalue weighted by atomic mass is 19.1. The van der Waals surface area contributed by atoms with Crippen LogP contribution in [0.3, 0.4) is 0 Å². The van der Waals surface area contributed by atoms with Crippen molar-refractivity contribution in [2.24, 2.45) is 0 Å². The van der Waals surface area contributed by atoms with E-state index in [1.807, 2.05) is 4.90 Å². The third-order valence-electron chi connectivity index (χ3n) is 5.57. The number of rotatable bonds is 4. The molecule has 1 aromatic heterocycles. The fourth-order valence-electron chi connectivity index (χ4n) is 3.81. The maximum atomic E-state index is 13.1. The third-order valence-corrected chi connectivity index (χ3v) is 5.57. The van der Waals surface area contributed by atoms with Gasteiger partial charge in [0.1, 0.15) is 17.5 Å². The molecular weight excluding hydrogens is 397 g/mol. The Balaban J connectivity index is 1.32. The van der Waals surface area contributed by atoms with Crippen LogP contribution in [0.2, 0.25) is 0 Å². The van der Waals surface area contributed by atoms with Gasteiger partial charge in [0.25, 0.3) is 5.91 Å². The molecule has 0 spiro atoms. The lowest BCUT2D eigenvalue weighted by atomic mass is 10.2. The van der Waals surface area contributed by atoms with E-state index in [1.165, 1.54) is 12.1 Å². The molecule has 3 heterocycles. The fraction of sp³-hybridized carbons (Fsp3) is 0.364. The largest absolute Gasteiger partial charge is 0.373 e. The highest BCUT2D eigenvalue weighted by Gasteiger charge is 2.25. The van der Waals surface area contributed by atoms with Crippen molar-refractivity contribution in [3.8, 4) is 6.07 Å². The molecule has 2 aliphatic rings. The van der Waals surface area contributed by atoms with Crippen LogP contribution in [0.15, 0.2) is 54.5 Å². The molecule has 1 amide bonds. The van der Waals surface area contributed by atoms with Crippen molar-refractivity contribution in [2.45, 2.75) is 0 Å². The summed E-state index contributed by atoms with van der Waals surface area (Å²) in [6, 6.07) is 10.2. The number of hydrogen-bond donors (Lipinski definition) is 0. The maximum absolute atomic E-state index is 13.1. The van der Waals surface area contributed by atoms with Crippen LogP contribution in [0.4, 0.5) is 16.0 Å². The average molecular weight is 421 g/mol. The van der Waals surface area contributed by atoms with Crippen LogP contribution in [0.25, 0.3) is 0 Å². The average Bonchev–Trinajstić information content (AvgIpc) is 2.84. The van der Waals surface area contributed by atoms with Gasteiger partial charge in [-0.1, -0.05) is 0 Å². The van der Waals surface area contributed by atoms with Gasteiger partial charge in [-0.3, -0.25) is 4.79 Å². The van der Waals surface area contributed by atoms with Crippen molar-refractivity contribution in [1.29, 1.82) is 5.26 Å². The van der Waals surface area contributed by atoms with Gasteiger partial charge in [-0.15, -0.1) is 0 Å². The number of carbonyl (C=O) groups excluding carboxylic acids is 1. The molecule has 31 heavy (non-hydrogen) atoms. The zero-order chi connectivity index (χ0) is 21.6. The fourth-order valence-corrected chi connectivity index (χ4v) is 3.81. The molecule has 0 radical (unpaired) electrons. The number of amides is 1. The van der Waals surface area contributed by atoms with E-state index in [9.17, 15) is 14.4 Å². The molecule has 4 rings (SSSR count). The lowest BCUT2D eigenvalue weighted by Crippen LogP contribution is -2.49. The number of hydrogen-bond acceptors (Lipinski definition) is 7. The number of piperazine rings is 2. The molecule has 2 saturated heterocycles. The first kappa shape index (κ1) is 20.6. The molecule has 0 aliphatic carbocycles. The minimum Gasteiger partial charge on any atom is -0.373 e. The number of nitrogens with zero attached hydrogens (tertiary/aromatic N) is 7. The molecule has 160 valence electrons. The first-order chi connectivity index (χ1) is 15.1. The summed E-state index contributed by atoms with van der Waals surface area (Å²) in [5.41, 5.74) is 1.09. The normalized spacial score (nSPS) is 17.5. The number of nitriles is 1. The van der Waals surface area contributed by atoms with Crippen molar-refractivity contribution in [3.63, 3.8) is 0 Å². The Labute approximate surface area is 180 Å². The predicted octanol–water partition coefficient (Wildman–Crippen LogP) is 1.49. The predicted molar refractivity (Wildman–Crippen MR) is 115 cm³/mol. The lowest BCUT2D eigenvalue weighted by molar-refractivity contribution is -0.127. The molecule has 2 aromatic rings. The summed E-state index contributed by atoms with van der Waals surface area (Å²) >= 11 is 0. The summed E-state index contributed by atoms with van der Waals surface area (Å²) in [6.45, 7) is 5.16. The van der Waals surface area contributed by atoms with E-state index in [-0.39, 0.29) is 17.3 Å². The Hall–Kier alpha value is -3.67. The van der Waals surface area contributed by atoms with Gasteiger partial charge in [0.15, 0.2) is 0 Å². The smallest absolute Gasteiger partial charge is 0.266 e. The zero-order valence-corrected chi connectivity index (χ0v) is 17.2. The Morgan fingerprint density at radius 2 is 1.55 bits per heavy atom. The van der Waals surface area contributed by atoms with Crippen LogP contribution in [-0.4, -0.2) is 78.0 Å². The van der Waals surface area contributed by atoms with Crippen molar-refractivity contribution in [2.75, 3.05) is 62.2 Å². The Kier molecular flexibility index (Phi) is 6.26. The van der Waals surface area contributed by atoms with Crippen LogP contribution in [0.5, 0.6) is 0 Å². The third kappa shape index (κ3) is 4.91. The molecule has 0 N–H and O–H groups in total. The van der Waals surface area contributed by atoms with Crippen LogP contribution in [0.1, 0.15) is 0 Å². The quantitative estimate of drug-likeness (QED) is 0.547. The summed E-state index contributed by atoms with van der Waals surface area (Å²) < 4.78 is 13.1. The molecule has 2 aliphatic heterocycles.